The molecule has 2 fully saturated rings. The van der Waals surface area contributed by atoms with Gasteiger partial charge in [-0.15, -0.1) is 0 Å². The summed E-state index contributed by atoms with van der Waals surface area (Å²) >= 11 is 0. The Balaban J connectivity index is 1.62. The molecule has 3 atom stereocenters. The van der Waals surface area contributed by atoms with Gasteiger partial charge in [0.05, 0.1) is 17.4 Å². The molecule has 1 N–H and O–H groups in total. The predicted octanol–water partition coefficient (Wildman–Crippen LogP) is 1.86. The number of hydrogen-bond donors (Lipinski definition) is 1. The van der Waals surface area contributed by atoms with Crippen LogP contribution >= 0.6 is 0 Å². The second-order valence-corrected chi connectivity index (χ2v) is 6.64. The average molecular weight is 285 g/mol. The van der Waals surface area contributed by atoms with Crippen LogP contribution in [0.25, 0.3) is 0 Å². The number of fused-ring (bicyclic) bond motifs is 2. The van der Waals surface area contributed by atoms with Crippen molar-refractivity contribution in [3.05, 3.63) is 24.3 Å². The topological polar surface area (TPSA) is 35.6 Å². The zero-order valence-electron chi connectivity index (χ0n) is 12.6. The van der Waals surface area contributed by atoms with Crippen molar-refractivity contribution in [1.82, 2.24) is 5.32 Å². The van der Waals surface area contributed by atoms with Crippen LogP contribution in [0.15, 0.2) is 24.3 Å². The zero-order valence-corrected chi connectivity index (χ0v) is 12.6. The van der Waals surface area contributed by atoms with E-state index in [0.29, 0.717) is 5.92 Å². The number of nitrogens with zero attached hydrogens (tertiary/aromatic N) is 2. The van der Waals surface area contributed by atoms with Gasteiger partial charge < -0.3 is 15.1 Å². The average Bonchev–Trinajstić information content (AvgIpc) is 3.10. The Bertz CT molecular complexity index is 559. The third kappa shape index (κ3) is 2.04. The van der Waals surface area contributed by atoms with Crippen LogP contribution in [0, 0.1) is 11.8 Å². The summed E-state index contributed by atoms with van der Waals surface area (Å²) < 4.78 is 0. The number of benzene rings is 1. The van der Waals surface area contributed by atoms with Crippen LogP contribution in [0.2, 0.25) is 0 Å². The molecular weight excluding hydrogens is 262 g/mol. The van der Waals surface area contributed by atoms with Gasteiger partial charge in [-0.1, -0.05) is 18.6 Å². The van der Waals surface area contributed by atoms with Crippen LogP contribution < -0.4 is 15.1 Å². The quantitative estimate of drug-likeness (QED) is 0.855. The van der Waals surface area contributed by atoms with Gasteiger partial charge in [-0.05, 0) is 43.4 Å². The first-order valence-corrected chi connectivity index (χ1v) is 8.10. The molecular formula is C17H23N3O. The maximum atomic E-state index is 13.1. The molecule has 1 aromatic rings. The summed E-state index contributed by atoms with van der Waals surface area (Å²) in [7, 11) is 2.10. The number of amides is 1. The van der Waals surface area contributed by atoms with Crippen LogP contribution in [0.3, 0.4) is 0 Å². The number of carbonyl (C=O) groups is 1. The van der Waals surface area contributed by atoms with Gasteiger partial charge >= 0.3 is 0 Å². The summed E-state index contributed by atoms with van der Waals surface area (Å²) in [5.74, 6) is 1.57. The lowest BCUT2D eigenvalue weighted by atomic mass is 9.93. The minimum Gasteiger partial charge on any atom is -0.371 e. The molecule has 112 valence electrons. The van der Waals surface area contributed by atoms with E-state index in [9.17, 15) is 4.79 Å². The molecule has 2 aliphatic heterocycles. The fourth-order valence-electron chi connectivity index (χ4n) is 4.36. The van der Waals surface area contributed by atoms with Gasteiger partial charge in [0.1, 0.15) is 0 Å². The summed E-state index contributed by atoms with van der Waals surface area (Å²) in [5.41, 5.74) is 2.23. The van der Waals surface area contributed by atoms with Gasteiger partial charge in [-0.3, -0.25) is 4.79 Å². The first kappa shape index (κ1) is 13.1. The molecule has 0 spiro atoms. The van der Waals surface area contributed by atoms with E-state index < -0.39 is 0 Å². The third-order valence-corrected chi connectivity index (χ3v) is 5.52. The molecule has 4 nitrogen and oxygen atoms in total. The number of nitrogens with one attached hydrogen (secondary N) is 1. The number of para-hydroxylation sites is 2. The van der Waals surface area contributed by atoms with Gasteiger partial charge in [0, 0.05) is 20.1 Å². The van der Waals surface area contributed by atoms with Crippen molar-refractivity contribution < 1.29 is 4.79 Å². The molecule has 1 aliphatic carbocycles. The molecule has 1 saturated carbocycles. The van der Waals surface area contributed by atoms with Crippen molar-refractivity contribution in [3.8, 4) is 0 Å². The van der Waals surface area contributed by atoms with Gasteiger partial charge in [0.25, 0.3) is 0 Å². The van der Waals surface area contributed by atoms with Crippen LogP contribution in [-0.4, -0.2) is 38.6 Å². The Kier molecular flexibility index (Phi) is 3.14. The Morgan fingerprint density at radius 1 is 1.19 bits per heavy atom. The fraction of sp³-hybridized carbons (Fsp3) is 0.588. The molecule has 1 amide bonds. The lowest BCUT2D eigenvalue weighted by molar-refractivity contribution is -0.121. The van der Waals surface area contributed by atoms with Gasteiger partial charge in [-0.25, -0.2) is 0 Å². The van der Waals surface area contributed by atoms with Gasteiger partial charge in [-0.2, -0.15) is 0 Å². The molecule has 0 radical (unpaired) electrons. The fourth-order valence-corrected chi connectivity index (χ4v) is 4.36. The standard InChI is InChI=1S/C17H23N3O/c1-19-9-10-20(15-8-3-2-7-14(15)19)17(21)16-13-6-4-5-12(13)11-18-16/h2-3,7-8,12-13,16,18H,4-6,9-11H2,1H3. The molecule has 4 rings (SSSR count). The first-order chi connectivity index (χ1) is 10.3. The first-order valence-electron chi connectivity index (χ1n) is 8.10. The molecule has 1 aromatic carbocycles. The van der Waals surface area contributed by atoms with E-state index in [-0.39, 0.29) is 11.9 Å². The summed E-state index contributed by atoms with van der Waals surface area (Å²) in [6.07, 6.45) is 3.80. The summed E-state index contributed by atoms with van der Waals surface area (Å²) in [6, 6.07) is 8.29. The van der Waals surface area contributed by atoms with Gasteiger partial charge in [0.2, 0.25) is 5.91 Å². The molecule has 21 heavy (non-hydrogen) atoms. The smallest absolute Gasteiger partial charge is 0.244 e. The SMILES string of the molecule is CN1CCN(C(=O)C2NCC3CCCC32)c2ccccc21. The van der Waals surface area contributed by atoms with E-state index in [4.69, 9.17) is 0 Å². The minimum atomic E-state index is 0.0361. The maximum absolute atomic E-state index is 13.1. The van der Waals surface area contributed by atoms with Crippen LogP contribution in [-0.2, 0) is 4.79 Å². The minimum absolute atomic E-state index is 0.0361. The number of anilines is 2. The van der Waals surface area contributed by atoms with Crippen molar-refractivity contribution in [3.63, 3.8) is 0 Å². The Morgan fingerprint density at radius 3 is 2.86 bits per heavy atom. The highest BCUT2D eigenvalue weighted by atomic mass is 16.2. The van der Waals surface area contributed by atoms with Crippen molar-refractivity contribution >= 4 is 17.3 Å². The van der Waals surface area contributed by atoms with Crippen molar-refractivity contribution in [2.45, 2.75) is 25.3 Å². The Labute approximate surface area is 126 Å². The molecule has 0 bridgehead atoms. The predicted molar refractivity (Wildman–Crippen MR) is 84.7 cm³/mol. The summed E-state index contributed by atoms with van der Waals surface area (Å²) in [6.45, 7) is 2.72. The zero-order chi connectivity index (χ0) is 14.4. The second kappa shape index (κ2) is 5.02. The van der Waals surface area contributed by atoms with Crippen LogP contribution in [0.1, 0.15) is 19.3 Å². The number of hydrogen-bond acceptors (Lipinski definition) is 3. The maximum Gasteiger partial charge on any atom is 0.244 e. The number of likely N-dealkylation sites (N-methyl/N-ethyl adjacent to an activating group) is 1. The van der Waals surface area contributed by atoms with E-state index in [1.807, 2.05) is 17.0 Å². The molecule has 2 heterocycles. The Morgan fingerprint density at radius 2 is 2.00 bits per heavy atom. The van der Waals surface area contributed by atoms with Crippen molar-refractivity contribution in [1.29, 1.82) is 0 Å². The van der Waals surface area contributed by atoms with E-state index in [0.717, 1.165) is 36.9 Å². The van der Waals surface area contributed by atoms with Crippen LogP contribution in [0.4, 0.5) is 11.4 Å². The lowest BCUT2D eigenvalue weighted by Gasteiger charge is -2.37. The van der Waals surface area contributed by atoms with Crippen LogP contribution in [0.5, 0.6) is 0 Å². The number of carbonyl (C=O) groups excluding carboxylic acids is 1. The lowest BCUT2D eigenvalue weighted by Crippen LogP contribution is -2.51. The van der Waals surface area contributed by atoms with Crippen molar-refractivity contribution in [2.24, 2.45) is 11.8 Å². The van der Waals surface area contributed by atoms with E-state index in [2.05, 4.69) is 29.4 Å². The largest absolute Gasteiger partial charge is 0.371 e. The number of rotatable bonds is 1. The van der Waals surface area contributed by atoms with Crippen molar-refractivity contribution in [2.75, 3.05) is 36.5 Å². The molecule has 3 unspecified atom stereocenters. The third-order valence-electron chi connectivity index (χ3n) is 5.52. The summed E-state index contributed by atoms with van der Waals surface area (Å²) in [5, 5.41) is 3.49. The van der Waals surface area contributed by atoms with E-state index in [1.165, 1.54) is 19.3 Å². The normalized spacial score (nSPS) is 31.2. The van der Waals surface area contributed by atoms with Gasteiger partial charge in [0.15, 0.2) is 0 Å². The summed E-state index contributed by atoms with van der Waals surface area (Å²) in [4.78, 5) is 17.3. The highest BCUT2D eigenvalue weighted by Crippen LogP contribution is 2.40. The molecule has 0 aromatic heterocycles. The highest BCUT2D eigenvalue weighted by molar-refractivity contribution is 6.01. The van der Waals surface area contributed by atoms with E-state index >= 15 is 0 Å². The highest BCUT2D eigenvalue weighted by Gasteiger charge is 2.44. The molecule has 4 heteroatoms. The molecule has 1 saturated heterocycles. The second-order valence-electron chi connectivity index (χ2n) is 6.64. The van der Waals surface area contributed by atoms with E-state index in [1.54, 1.807) is 0 Å². The Hall–Kier alpha value is -1.55. The monoisotopic (exact) mass is 285 g/mol. The molecule has 3 aliphatic rings.